The van der Waals surface area contributed by atoms with Gasteiger partial charge >= 0.3 is 0 Å². The lowest BCUT2D eigenvalue weighted by Gasteiger charge is -2.14. The summed E-state index contributed by atoms with van der Waals surface area (Å²) in [5, 5.41) is 0. The van der Waals surface area contributed by atoms with Crippen LogP contribution in [0.1, 0.15) is 62.3 Å². The lowest BCUT2D eigenvalue weighted by atomic mass is 9.93. The first-order chi connectivity index (χ1) is 9.61. The van der Waals surface area contributed by atoms with E-state index >= 15 is 0 Å². The van der Waals surface area contributed by atoms with Crippen LogP contribution in [0.15, 0.2) is 42.6 Å². The Morgan fingerprint density at radius 3 is 2.60 bits per heavy atom. The zero-order chi connectivity index (χ0) is 14.5. The van der Waals surface area contributed by atoms with Crippen molar-refractivity contribution >= 4 is 5.57 Å². The second-order valence-electron chi connectivity index (χ2n) is 5.83. The van der Waals surface area contributed by atoms with E-state index in [9.17, 15) is 0 Å². The highest BCUT2D eigenvalue weighted by Crippen LogP contribution is 2.36. The third-order valence-electron chi connectivity index (χ3n) is 4.09. The van der Waals surface area contributed by atoms with Crippen LogP contribution in [0.4, 0.5) is 0 Å². The molecule has 0 saturated heterocycles. The largest absolute Gasteiger partial charge is 0.256 e. The van der Waals surface area contributed by atoms with E-state index in [1.165, 1.54) is 42.4 Å². The first-order valence-corrected chi connectivity index (χ1v) is 7.58. The maximum absolute atomic E-state index is 4.61. The number of hydrogen-bond acceptors (Lipinski definition) is 1. The molecule has 0 N–H and O–H groups in total. The normalized spacial score (nSPS) is 17.1. The molecule has 2 rings (SSSR count). The lowest BCUT2D eigenvalue weighted by molar-refractivity contribution is 0.715. The van der Waals surface area contributed by atoms with Crippen molar-refractivity contribution in [3.8, 4) is 0 Å². The number of pyridine rings is 1. The van der Waals surface area contributed by atoms with E-state index in [2.05, 4.69) is 43.6 Å². The highest BCUT2D eigenvalue weighted by Gasteiger charge is 2.19. The third-order valence-corrected chi connectivity index (χ3v) is 4.09. The van der Waals surface area contributed by atoms with Gasteiger partial charge < -0.3 is 0 Å². The Morgan fingerprint density at radius 2 is 2.00 bits per heavy atom. The van der Waals surface area contributed by atoms with Gasteiger partial charge in [-0.1, -0.05) is 43.2 Å². The topological polar surface area (TPSA) is 12.9 Å². The molecule has 1 fully saturated rings. The fourth-order valence-electron chi connectivity index (χ4n) is 2.94. The van der Waals surface area contributed by atoms with E-state index in [0.29, 0.717) is 0 Å². The Labute approximate surface area is 123 Å². The molecular weight excluding hydrogens is 242 g/mol. The summed E-state index contributed by atoms with van der Waals surface area (Å²) in [5.41, 5.74) is 6.15. The van der Waals surface area contributed by atoms with Crippen LogP contribution < -0.4 is 0 Å². The van der Waals surface area contributed by atoms with E-state index < -0.39 is 0 Å². The number of hydrogen-bond donors (Lipinski definition) is 0. The van der Waals surface area contributed by atoms with Gasteiger partial charge in [0.2, 0.25) is 0 Å². The van der Waals surface area contributed by atoms with E-state index in [1.54, 1.807) is 0 Å². The molecule has 1 heteroatoms. The maximum Gasteiger partial charge on any atom is 0.0701 e. The molecule has 1 saturated carbocycles. The number of nitrogens with zero attached hydrogens (tertiary/aromatic N) is 1. The molecular formula is C19H25N. The number of aromatic nitrogens is 1. The Bertz CT molecular complexity index is 543. The molecule has 0 unspecified atom stereocenters. The molecule has 0 aliphatic heterocycles. The minimum Gasteiger partial charge on any atom is -0.256 e. The highest BCUT2D eigenvalue weighted by atomic mass is 14.7. The van der Waals surface area contributed by atoms with Crippen LogP contribution in [0.25, 0.3) is 5.57 Å². The average molecular weight is 267 g/mol. The molecule has 106 valence electrons. The molecule has 0 atom stereocenters. The first kappa shape index (κ1) is 14.8. The quantitative estimate of drug-likeness (QED) is 0.649. The van der Waals surface area contributed by atoms with Crippen molar-refractivity contribution in [2.75, 3.05) is 0 Å². The fraction of sp³-hybridized carbons (Fsp3) is 0.421. The van der Waals surface area contributed by atoms with E-state index in [-0.39, 0.29) is 0 Å². The summed E-state index contributed by atoms with van der Waals surface area (Å²) in [5.74, 6) is 0.736. The summed E-state index contributed by atoms with van der Waals surface area (Å²) in [6.45, 7) is 10.2. The molecule has 0 aromatic carbocycles. The fourth-order valence-corrected chi connectivity index (χ4v) is 2.94. The summed E-state index contributed by atoms with van der Waals surface area (Å²) in [4.78, 5) is 4.61. The van der Waals surface area contributed by atoms with Crippen molar-refractivity contribution in [3.63, 3.8) is 0 Å². The monoisotopic (exact) mass is 267 g/mol. The summed E-state index contributed by atoms with van der Waals surface area (Å²) in [6, 6.07) is 2.30. The minimum atomic E-state index is 0.736. The minimum absolute atomic E-state index is 0.736. The van der Waals surface area contributed by atoms with Crippen LogP contribution in [0.5, 0.6) is 0 Å². The van der Waals surface area contributed by atoms with Gasteiger partial charge in [0.25, 0.3) is 0 Å². The Hall–Kier alpha value is -1.63. The summed E-state index contributed by atoms with van der Waals surface area (Å²) in [6.07, 6.45) is 13.7. The van der Waals surface area contributed by atoms with Crippen LogP contribution in [0, 0.1) is 6.92 Å². The van der Waals surface area contributed by atoms with Gasteiger partial charge in [-0.25, -0.2) is 0 Å². The van der Waals surface area contributed by atoms with Crippen molar-refractivity contribution in [2.24, 2.45) is 0 Å². The van der Waals surface area contributed by atoms with Gasteiger partial charge in [0.05, 0.1) is 5.69 Å². The third kappa shape index (κ3) is 3.47. The molecule has 1 aromatic rings. The van der Waals surface area contributed by atoms with Crippen LogP contribution >= 0.6 is 0 Å². The van der Waals surface area contributed by atoms with Gasteiger partial charge in [-0.2, -0.15) is 0 Å². The molecule has 1 aliphatic carbocycles. The summed E-state index contributed by atoms with van der Waals surface area (Å²) in [7, 11) is 0. The van der Waals surface area contributed by atoms with E-state index in [1.807, 2.05) is 19.2 Å². The number of aryl methyl sites for hydroxylation is 1. The molecule has 1 nitrogen and oxygen atoms in total. The second-order valence-corrected chi connectivity index (χ2v) is 5.83. The Morgan fingerprint density at radius 1 is 1.30 bits per heavy atom. The molecule has 0 amide bonds. The summed E-state index contributed by atoms with van der Waals surface area (Å²) < 4.78 is 0. The molecule has 0 spiro atoms. The van der Waals surface area contributed by atoms with Crippen LogP contribution in [0.2, 0.25) is 0 Å². The predicted octanol–water partition coefficient (Wildman–Crippen LogP) is 5.58. The second kappa shape index (κ2) is 6.69. The molecule has 0 radical (unpaired) electrons. The zero-order valence-electron chi connectivity index (χ0n) is 12.9. The SMILES string of the molecule is C=C(C)C=C/C(=C/C)c1cc(C2CCCC2)c(C)cn1. The molecule has 1 aromatic heterocycles. The van der Waals surface area contributed by atoms with Crippen molar-refractivity contribution in [1.29, 1.82) is 0 Å². The zero-order valence-corrected chi connectivity index (χ0v) is 12.9. The van der Waals surface area contributed by atoms with Crippen LogP contribution in [0.3, 0.4) is 0 Å². The van der Waals surface area contributed by atoms with Crippen molar-refractivity contribution in [1.82, 2.24) is 4.98 Å². The van der Waals surface area contributed by atoms with Crippen molar-refractivity contribution in [2.45, 2.75) is 52.4 Å². The molecule has 20 heavy (non-hydrogen) atoms. The summed E-state index contributed by atoms with van der Waals surface area (Å²) >= 11 is 0. The number of rotatable bonds is 4. The standard InChI is InChI=1S/C19H25N/c1-5-16(11-10-14(2)3)19-12-18(15(4)13-20-19)17-8-6-7-9-17/h5,10-13,17H,2,6-9H2,1,3-4H3/b11-10?,16-5-. The number of allylic oxidation sites excluding steroid dienone is 5. The molecule has 1 aliphatic rings. The van der Waals surface area contributed by atoms with Gasteiger partial charge in [-0.05, 0) is 62.3 Å². The van der Waals surface area contributed by atoms with Crippen molar-refractivity contribution < 1.29 is 0 Å². The molecule has 1 heterocycles. The lowest BCUT2D eigenvalue weighted by Crippen LogP contribution is -1.99. The van der Waals surface area contributed by atoms with Crippen LogP contribution in [-0.2, 0) is 0 Å². The van der Waals surface area contributed by atoms with Crippen LogP contribution in [-0.4, -0.2) is 4.98 Å². The first-order valence-electron chi connectivity index (χ1n) is 7.58. The van der Waals surface area contributed by atoms with Gasteiger partial charge in [0.1, 0.15) is 0 Å². The smallest absolute Gasteiger partial charge is 0.0701 e. The van der Waals surface area contributed by atoms with E-state index in [0.717, 1.165) is 17.2 Å². The Balaban J connectivity index is 2.32. The van der Waals surface area contributed by atoms with Gasteiger partial charge in [-0.15, -0.1) is 0 Å². The maximum atomic E-state index is 4.61. The average Bonchev–Trinajstić information content (AvgIpc) is 2.94. The van der Waals surface area contributed by atoms with Gasteiger partial charge in [0, 0.05) is 6.20 Å². The highest BCUT2D eigenvalue weighted by molar-refractivity contribution is 5.72. The predicted molar refractivity (Wildman–Crippen MR) is 87.8 cm³/mol. The van der Waals surface area contributed by atoms with Gasteiger partial charge in [-0.3, -0.25) is 4.98 Å². The Kier molecular flexibility index (Phi) is 4.94. The van der Waals surface area contributed by atoms with Gasteiger partial charge in [0.15, 0.2) is 0 Å². The van der Waals surface area contributed by atoms with Crippen molar-refractivity contribution in [3.05, 3.63) is 59.5 Å². The molecule has 0 bridgehead atoms. The van der Waals surface area contributed by atoms with E-state index in [4.69, 9.17) is 0 Å².